The van der Waals surface area contributed by atoms with E-state index in [1.54, 1.807) is 12.3 Å². The topological polar surface area (TPSA) is 49.6 Å². The van der Waals surface area contributed by atoms with Crippen molar-refractivity contribution < 1.29 is 0 Å². The highest BCUT2D eigenvalue weighted by atomic mass is 14.9. The van der Waals surface area contributed by atoms with E-state index in [-0.39, 0.29) is 0 Å². The third-order valence-corrected chi connectivity index (χ3v) is 2.11. The molecule has 0 radical (unpaired) electrons. The lowest BCUT2D eigenvalue weighted by atomic mass is 9.91. The number of rotatable bonds is 2. The van der Waals surface area contributed by atoms with Gasteiger partial charge < -0.3 is 0 Å². The summed E-state index contributed by atoms with van der Waals surface area (Å²) in [4.78, 5) is 8.55. The van der Waals surface area contributed by atoms with E-state index < -0.39 is 5.41 Å². The lowest BCUT2D eigenvalue weighted by molar-refractivity contribution is 0.637. The number of hydrogen-bond acceptors (Lipinski definition) is 3. The molecular weight excluding hydrogens is 174 g/mol. The molecule has 1 aromatic heterocycles. The molecule has 0 aliphatic carbocycles. The summed E-state index contributed by atoms with van der Waals surface area (Å²) in [7, 11) is 0. The van der Waals surface area contributed by atoms with Gasteiger partial charge in [-0.3, -0.25) is 0 Å². The highest BCUT2D eigenvalue weighted by Gasteiger charge is 2.22. The summed E-state index contributed by atoms with van der Waals surface area (Å²) in [5.74, 6) is 1.09. The number of nitrogens with zero attached hydrogens (tertiary/aromatic N) is 3. The molecule has 0 aromatic carbocycles. The molecular formula is C11H15N3. The SMILES string of the molecule is CC(C)c1nccc(C(C)(C)C#N)n1. The number of hydrogen-bond donors (Lipinski definition) is 0. The Bertz CT molecular complexity index is 361. The minimum atomic E-state index is -0.535. The molecule has 74 valence electrons. The molecule has 1 heterocycles. The van der Waals surface area contributed by atoms with Gasteiger partial charge in [-0.05, 0) is 19.9 Å². The normalized spacial score (nSPS) is 11.4. The Morgan fingerprint density at radius 2 is 2.07 bits per heavy atom. The lowest BCUT2D eigenvalue weighted by Crippen LogP contribution is -2.17. The van der Waals surface area contributed by atoms with Crippen LogP contribution in [0.4, 0.5) is 0 Å². The Hall–Kier alpha value is -1.43. The molecule has 1 rings (SSSR count). The maximum Gasteiger partial charge on any atom is 0.131 e. The van der Waals surface area contributed by atoms with E-state index >= 15 is 0 Å². The zero-order valence-corrected chi connectivity index (χ0v) is 9.07. The predicted octanol–water partition coefficient (Wildman–Crippen LogP) is 2.40. The van der Waals surface area contributed by atoms with Crippen LogP contribution in [0.1, 0.15) is 45.1 Å². The van der Waals surface area contributed by atoms with Crippen LogP contribution in [0.2, 0.25) is 0 Å². The van der Waals surface area contributed by atoms with Gasteiger partial charge in [0.1, 0.15) is 5.82 Å². The summed E-state index contributed by atoms with van der Waals surface area (Å²) >= 11 is 0. The fraction of sp³-hybridized carbons (Fsp3) is 0.545. The Morgan fingerprint density at radius 3 is 2.57 bits per heavy atom. The van der Waals surface area contributed by atoms with Gasteiger partial charge in [0, 0.05) is 12.1 Å². The minimum Gasteiger partial charge on any atom is -0.241 e. The van der Waals surface area contributed by atoms with Gasteiger partial charge in [-0.1, -0.05) is 13.8 Å². The largest absolute Gasteiger partial charge is 0.241 e. The Labute approximate surface area is 84.8 Å². The maximum atomic E-state index is 8.97. The summed E-state index contributed by atoms with van der Waals surface area (Å²) in [6.07, 6.45) is 1.72. The first-order valence-corrected chi connectivity index (χ1v) is 4.72. The molecule has 3 heteroatoms. The first-order valence-electron chi connectivity index (χ1n) is 4.72. The van der Waals surface area contributed by atoms with Crippen LogP contribution in [-0.2, 0) is 5.41 Å². The van der Waals surface area contributed by atoms with Gasteiger partial charge in [-0.25, -0.2) is 9.97 Å². The maximum absolute atomic E-state index is 8.97. The van der Waals surface area contributed by atoms with Crippen LogP contribution in [0.25, 0.3) is 0 Å². The molecule has 0 N–H and O–H groups in total. The van der Waals surface area contributed by atoms with Crippen LogP contribution in [0, 0.1) is 11.3 Å². The molecule has 0 amide bonds. The third-order valence-electron chi connectivity index (χ3n) is 2.11. The summed E-state index contributed by atoms with van der Waals surface area (Å²) in [5.41, 5.74) is 0.255. The first kappa shape index (κ1) is 10.6. The minimum absolute atomic E-state index is 0.296. The molecule has 0 spiro atoms. The fourth-order valence-corrected chi connectivity index (χ4v) is 1.06. The highest BCUT2D eigenvalue weighted by molar-refractivity contribution is 5.22. The van der Waals surface area contributed by atoms with Gasteiger partial charge in [0.2, 0.25) is 0 Å². The second kappa shape index (κ2) is 3.75. The van der Waals surface area contributed by atoms with Crippen molar-refractivity contribution in [1.82, 2.24) is 9.97 Å². The average molecular weight is 189 g/mol. The molecule has 14 heavy (non-hydrogen) atoms. The van der Waals surface area contributed by atoms with Gasteiger partial charge in [-0.15, -0.1) is 0 Å². The zero-order chi connectivity index (χ0) is 10.8. The van der Waals surface area contributed by atoms with Crippen LogP contribution < -0.4 is 0 Å². The zero-order valence-electron chi connectivity index (χ0n) is 9.07. The molecule has 1 aromatic rings. The van der Waals surface area contributed by atoms with Gasteiger partial charge in [-0.2, -0.15) is 5.26 Å². The van der Waals surface area contributed by atoms with E-state index in [1.807, 2.05) is 27.7 Å². The Morgan fingerprint density at radius 1 is 1.43 bits per heavy atom. The molecule has 0 aliphatic rings. The van der Waals surface area contributed by atoms with Crippen molar-refractivity contribution in [3.8, 4) is 6.07 Å². The highest BCUT2D eigenvalue weighted by Crippen LogP contribution is 2.20. The van der Waals surface area contributed by atoms with Gasteiger partial charge >= 0.3 is 0 Å². The van der Waals surface area contributed by atoms with E-state index in [1.165, 1.54) is 0 Å². The van der Waals surface area contributed by atoms with E-state index in [0.717, 1.165) is 11.5 Å². The second-order valence-electron chi connectivity index (χ2n) is 4.19. The van der Waals surface area contributed by atoms with Crippen LogP contribution in [0.3, 0.4) is 0 Å². The van der Waals surface area contributed by atoms with Crippen LogP contribution in [-0.4, -0.2) is 9.97 Å². The molecule has 0 saturated heterocycles. The van der Waals surface area contributed by atoms with Crippen molar-refractivity contribution in [3.63, 3.8) is 0 Å². The molecule has 0 atom stereocenters. The molecule has 0 unspecified atom stereocenters. The molecule has 0 aliphatic heterocycles. The Balaban J connectivity index is 3.14. The predicted molar refractivity (Wildman–Crippen MR) is 54.8 cm³/mol. The van der Waals surface area contributed by atoms with Crippen molar-refractivity contribution in [3.05, 3.63) is 23.8 Å². The summed E-state index contributed by atoms with van der Waals surface area (Å²) < 4.78 is 0. The standard InChI is InChI=1S/C11H15N3/c1-8(2)10-13-6-5-9(14-10)11(3,4)7-12/h5-6,8H,1-4H3. The van der Waals surface area contributed by atoms with Gasteiger partial charge in [0.05, 0.1) is 17.2 Å². The summed E-state index contributed by atoms with van der Waals surface area (Å²) in [5, 5.41) is 8.97. The molecule has 0 fully saturated rings. The Kier molecular flexibility index (Phi) is 2.85. The van der Waals surface area contributed by atoms with Crippen molar-refractivity contribution in [1.29, 1.82) is 5.26 Å². The number of nitriles is 1. The first-order chi connectivity index (χ1) is 6.47. The van der Waals surface area contributed by atoms with Crippen molar-refractivity contribution in [2.24, 2.45) is 0 Å². The van der Waals surface area contributed by atoms with Crippen LogP contribution >= 0.6 is 0 Å². The molecule has 3 nitrogen and oxygen atoms in total. The van der Waals surface area contributed by atoms with Crippen molar-refractivity contribution in [2.75, 3.05) is 0 Å². The fourth-order valence-electron chi connectivity index (χ4n) is 1.06. The third kappa shape index (κ3) is 2.08. The quantitative estimate of drug-likeness (QED) is 0.717. The number of aromatic nitrogens is 2. The van der Waals surface area contributed by atoms with Crippen molar-refractivity contribution >= 4 is 0 Å². The summed E-state index contributed by atoms with van der Waals surface area (Å²) in [6.45, 7) is 7.80. The van der Waals surface area contributed by atoms with E-state index in [2.05, 4.69) is 16.0 Å². The van der Waals surface area contributed by atoms with Gasteiger partial charge in [0.15, 0.2) is 0 Å². The molecule has 0 saturated carbocycles. The lowest BCUT2D eigenvalue weighted by Gasteiger charge is -2.15. The summed E-state index contributed by atoms with van der Waals surface area (Å²) in [6, 6.07) is 4.03. The van der Waals surface area contributed by atoms with E-state index in [0.29, 0.717) is 5.92 Å². The molecule has 0 bridgehead atoms. The van der Waals surface area contributed by atoms with Crippen LogP contribution in [0.5, 0.6) is 0 Å². The van der Waals surface area contributed by atoms with E-state index in [4.69, 9.17) is 5.26 Å². The van der Waals surface area contributed by atoms with Gasteiger partial charge in [0.25, 0.3) is 0 Å². The monoisotopic (exact) mass is 189 g/mol. The smallest absolute Gasteiger partial charge is 0.131 e. The van der Waals surface area contributed by atoms with Crippen molar-refractivity contribution in [2.45, 2.75) is 39.0 Å². The van der Waals surface area contributed by atoms with Crippen LogP contribution in [0.15, 0.2) is 12.3 Å². The average Bonchev–Trinajstić information content (AvgIpc) is 2.18. The van der Waals surface area contributed by atoms with E-state index in [9.17, 15) is 0 Å². The second-order valence-corrected chi connectivity index (χ2v) is 4.19.